The molecule has 0 radical (unpaired) electrons. The van der Waals surface area contributed by atoms with Gasteiger partial charge in [-0.05, 0) is 31.7 Å². The third kappa shape index (κ3) is 2.09. The normalized spacial score (nSPS) is 36.1. The van der Waals surface area contributed by atoms with Crippen LogP contribution in [-0.2, 0) is 0 Å². The van der Waals surface area contributed by atoms with E-state index in [4.69, 9.17) is 0 Å². The van der Waals surface area contributed by atoms with Crippen LogP contribution in [0.1, 0.15) is 33.1 Å². The first-order chi connectivity index (χ1) is 7.47. The van der Waals surface area contributed by atoms with E-state index in [1.54, 1.807) is 0 Å². The number of likely N-dealkylation sites (N-methyl/N-ethyl adjacent to an activating group) is 1. The van der Waals surface area contributed by atoms with E-state index >= 15 is 0 Å². The largest absolute Gasteiger partial charge is 0.304 e. The summed E-state index contributed by atoms with van der Waals surface area (Å²) in [7, 11) is 2.16. The Balaban J connectivity index is 2.09. The Morgan fingerprint density at radius 2 is 1.69 bits per heavy atom. The summed E-state index contributed by atoms with van der Waals surface area (Å²) in [4.78, 5) is 4.78. The van der Waals surface area contributed by atoms with Gasteiger partial charge in [0.05, 0.1) is 6.07 Å². The maximum Gasteiger partial charge on any atom is 0.109 e. The molecule has 1 aliphatic carbocycles. The van der Waals surface area contributed by atoms with Gasteiger partial charge in [0.15, 0.2) is 0 Å². The molecule has 0 spiro atoms. The molecule has 2 aliphatic rings. The van der Waals surface area contributed by atoms with Crippen LogP contribution in [0, 0.1) is 16.7 Å². The molecule has 1 atom stereocenters. The van der Waals surface area contributed by atoms with E-state index in [-0.39, 0.29) is 5.54 Å². The van der Waals surface area contributed by atoms with Crippen LogP contribution in [0.15, 0.2) is 0 Å². The summed E-state index contributed by atoms with van der Waals surface area (Å²) in [6.45, 7) is 8.90. The van der Waals surface area contributed by atoms with Crippen LogP contribution in [0.2, 0.25) is 0 Å². The van der Waals surface area contributed by atoms with E-state index in [1.165, 1.54) is 6.42 Å². The van der Waals surface area contributed by atoms with Gasteiger partial charge in [0.1, 0.15) is 5.54 Å². The van der Waals surface area contributed by atoms with Gasteiger partial charge >= 0.3 is 0 Å². The fourth-order valence-corrected chi connectivity index (χ4v) is 3.18. The van der Waals surface area contributed by atoms with Gasteiger partial charge in [-0.15, -0.1) is 0 Å². The molecule has 2 rings (SSSR count). The molecule has 1 saturated heterocycles. The highest BCUT2D eigenvalue weighted by Gasteiger charge is 2.47. The van der Waals surface area contributed by atoms with Crippen LogP contribution < -0.4 is 0 Å². The van der Waals surface area contributed by atoms with Crippen molar-refractivity contribution >= 4 is 0 Å². The SMILES string of the molecule is CN1CCN(C2(C#N)CCC(C)(C)C2)CC1. The number of nitriles is 1. The van der Waals surface area contributed by atoms with Crippen molar-refractivity contribution in [1.82, 2.24) is 9.80 Å². The van der Waals surface area contributed by atoms with E-state index in [0.717, 1.165) is 39.0 Å². The molecular formula is C13H23N3. The molecule has 3 heteroatoms. The molecule has 90 valence electrons. The van der Waals surface area contributed by atoms with Gasteiger partial charge in [-0.3, -0.25) is 4.90 Å². The Morgan fingerprint density at radius 1 is 1.06 bits per heavy atom. The van der Waals surface area contributed by atoms with Gasteiger partial charge < -0.3 is 4.90 Å². The standard InChI is InChI=1S/C13H23N3/c1-12(2)4-5-13(10-12,11-14)16-8-6-15(3)7-9-16/h4-10H2,1-3H3. The lowest BCUT2D eigenvalue weighted by Crippen LogP contribution is -2.55. The second-order valence-corrected chi connectivity index (χ2v) is 6.27. The molecule has 16 heavy (non-hydrogen) atoms. The van der Waals surface area contributed by atoms with E-state index < -0.39 is 0 Å². The lowest BCUT2D eigenvalue weighted by Gasteiger charge is -2.41. The molecule has 1 saturated carbocycles. The van der Waals surface area contributed by atoms with Crippen molar-refractivity contribution in [2.24, 2.45) is 5.41 Å². The van der Waals surface area contributed by atoms with Gasteiger partial charge in [0, 0.05) is 26.2 Å². The first-order valence-electron chi connectivity index (χ1n) is 6.32. The summed E-state index contributed by atoms with van der Waals surface area (Å²) in [6, 6.07) is 2.62. The van der Waals surface area contributed by atoms with Gasteiger partial charge in [0.25, 0.3) is 0 Å². The minimum absolute atomic E-state index is 0.162. The Kier molecular flexibility index (Phi) is 2.98. The molecule has 1 aliphatic heterocycles. The fourth-order valence-electron chi connectivity index (χ4n) is 3.18. The molecule has 3 nitrogen and oxygen atoms in total. The predicted octanol–water partition coefficient (Wildman–Crippen LogP) is 1.71. The minimum atomic E-state index is -0.162. The van der Waals surface area contributed by atoms with Crippen LogP contribution in [0.4, 0.5) is 0 Å². The van der Waals surface area contributed by atoms with Gasteiger partial charge in [-0.2, -0.15) is 5.26 Å². The van der Waals surface area contributed by atoms with Crippen LogP contribution in [0.25, 0.3) is 0 Å². The summed E-state index contributed by atoms with van der Waals surface area (Å²) in [5.74, 6) is 0. The number of hydrogen-bond acceptors (Lipinski definition) is 3. The first-order valence-corrected chi connectivity index (χ1v) is 6.32. The summed E-state index contributed by atoms with van der Waals surface area (Å²) >= 11 is 0. The average molecular weight is 221 g/mol. The second-order valence-electron chi connectivity index (χ2n) is 6.27. The maximum atomic E-state index is 9.56. The smallest absolute Gasteiger partial charge is 0.109 e. The molecule has 2 fully saturated rings. The van der Waals surface area contributed by atoms with E-state index in [2.05, 4.69) is 36.8 Å². The van der Waals surface area contributed by atoms with Crippen molar-refractivity contribution in [3.8, 4) is 6.07 Å². The first kappa shape index (κ1) is 11.9. The second kappa shape index (κ2) is 4.01. The van der Waals surface area contributed by atoms with Crippen LogP contribution in [-0.4, -0.2) is 48.6 Å². The Bertz CT molecular complexity index is 297. The van der Waals surface area contributed by atoms with Crippen molar-refractivity contribution in [3.63, 3.8) is 0 Å². The Hall–Kier alpha value is -0.590. The third-order valence-corrected chi connectivity index (χ3v) is 4.30. The highest BCUT2D eigenvalue weighted by atomic mass is 15.3. The van der Waals surface area contributed by atoms with Crippen LogP contribution in [0.3, 0.4) is 0 Å². The summed E-state index contributed by atoms with van der Waals surface area (Å²) < 4.78 is 0. The van der Waals surface area contributed by atoms with Crippen LogP contribution in [0.5, 0.6) is 0 Å². The Labute approximate surface area is 99.0 Å². The third-order valence-electron chi connectivity index (χ3n) is 4.30. The topological polar surface area (TPSA) is 30.3 Å². The van der Waals surface area contributed by atoms with E-state index in [0.29, 0.717) is 5.41 Å². The highest BCUT2D eigenvalue weighted by Crippen LogP contribution is 2.46. The van der Waals surface area contributed by atoms with Crippen molar-refractivity contribution in [3.05, 3.63) is 0 Å². The molecule has 1 unspecified atom stereocenters. The molecular weight excluding hydrogens is 198 g/mol. The van der Waals surface area contributed by atoms with Gasteiger partial charge in [-0.1, -0.05) is 13.8 Å². The van der Waals surface area contributed by atoms with Crippen molar-refractivity contribution in [1.29, 1.82) is 5.26 Å². The molecule has 0 bridgehead atoms. The fraction of sp³-hybridized carbons (Fsp3) is 0.923. The Morgan fingerprint density at radius 3 is 2.12 bits per heavy atom. The monoisotopic (exact) mass is 221 g/mol. The summed E-state index contributed by atoms with van der Waals surface area (Å²) in [5, 5.41) is 9.56. The van der Waals surface area contributed by atoms with Crippen molar-refractivity contribution < 1.29 is 0 Å². The number of nitrogens with zero attached hydrogens (tertiary/aromatic N) is 3. The van der Waals surface area contributed by atoms with Gasteiger partial charge in [0.2, 0.25) is 0 Å². The molecule has 0 amide bonds. The molecule has 1 heterocycles. The van der Waals surface area contributed by atoms with E-state index in [1.807, 2.05) is 0 Å². The maximum absolute atomic E-state index is 9.56. The van der Waals surface area contributed by atoms with Crippen molar-refractivity contribution in [2.45, 2.75) is 38.6 Å². The molecule has 0 aromatic rings. The quantitative estimate of drug-likeness (QED) is 0.675. The molecule has 0 aromatic heterocycles. The molecule has 0 aromatic carbocycles. The number of piperazine rings is 1. The zero-order valence-corrected chi connectivity index (χ0v) is 10.8. The lowest BCUT2D eigenvalue weighted by atomic mass is 9.87. The van der Waals surface area contributed by atoms with E-state index in [9.17, 15) is 5.26 Å². The minimum Gasteiger partial charge on any atom is -0.304 e. The van der Waals surface area contributed by atoms with Crippen LogP contribution >= 0.6 is 0 Å². The predicted molar refractivity (Wildman–Crippen MR) is 65.0 cm³/mol. The number of rotatable bonds is 1. The zero-order chi connectivity index (χ0) is 11.8. The number of hydrogen-bond donors (Lipinski definition) is 0. The zero-order valence-electron chi connectivity index (χ0n) is 10.8. The van der Waals surface area contributed by atoms with Crippen molar-refractivity contribution in [2.75, 3.05) is 33.2 Å². The summed E-state index contributed by atoms with van der Waals surface area (Å²) in [5.41, 5.74) is 0.184. The molecule has 0 N–H and O–H groups in total. The summed E-state index contributed by atoms with van der Waals surface area (Å²) in [6.07, 6.45) is 3.29. The lowest BCUT2D eigenvalue weighted by molar-refractivity contribution is 0.0708. The van der Waals surface area contributed by atoms with Gasteiger partial charge in [-0.25, -0.2) is 0 Å². The average Bonchev–Trinajstić information content (AvgIpc) is 2.57. The highest BCUT2D eigenvalue weighted by molar-refractivity contribution is 5.15.